The molecule has 5 rings (SSSR count). The zero-order chi connectivity index (χ0) is 21.4. The maximum Gasteiger partial charge on any atom is 0.267 e. The van der Waals surface area contributed by atoms with Crippen LogP contribution in [-0.2, 0) is 4.79 Å². The Morgan fingerprint density at radius 2 is 1.74 bits per heavy atom. The molecular formula is C22H23N3O5S. The third-order valence-electron chi connectivity index (χ3n) is 5.54. The second-order valence-electron chi connectivity index (χ2n) is 7.32. The summed E-state index contributed by atoms with van der Waals surface area (Å²) in [7, 11) is 3.29. The summed E-state index contributed by atoms with van der Waals surface area (Å²) < 4.78 is 23.5. The molecular weight excluding hydrogens is 418 g/mol. The summed E-state index contributed by atoms with van der Waals surface area (Å²) in [5, 5.41) is 0.899. The Hall–Kier alpha value is -3.20. The number of hydrogen-bond acceptors (Lipinski definition) is 8. The smallest absolute Gasteiger partial charge is 0.267 e. The van der Waals surface area contributed by atoms with Gasteiger partial charge in [-0.15, -0.1) is 0 Å². The van der Waals surface area contributed by atoms with E-state index in [0.29, 0.717) is 37.7 Å². The van der Waals surface area contributed by atoms with Gasteiger partial charge in [0.1, 0.15) is 28.3 Å². The van der Waals surface area contributed by atoms with Crippen LogP contribution in [0.15, 0.2) is 36.4 Å². The van der Waals surface area contributed by atoms with E-state index < -0.39 is 6.10 Å². The second kappa shape index (κ2) is 8.14. The lowest BCUT2D eigenvalue weighted by Crippen LogP contribution is -2.54. The van der Waals surface area contributed by atoms with E-state index in [1.807, 2.05) is 41.3 Å². The molecule has 1 aromatic heterocycles. The summed E-state index contributed by atoms with van der Waals surface area (Å²) >= 11 is 1.58. The number of aromatic nitrogens is 1. The molecule has 1 fully saturated rings. The van der Waals surface area contributed by atoms with Crippen LogP contribution in [0, 0.1) is 0 Å². The number of para-hydroxylation sites is 2. The van der Waals surface area contributed by atoms with Gasteiger partial charge in [0.2, 0.25) is 6.10 Å². The lowest BCUT2D eigenvalue weighted by Gasteiger charge is -2.37. The summed E-state index contributed by atoms with van der Waals surface area (Å²) in [5.41, 5.74) is 0.798. The van der Waals surface area contributed by atoms with Crippen LogP contribution in [0.1, 0.15) is 0 Å². The average molecular weight is 442 g/mol. The number of anilines is 1. The fourth-order valence-corrected chi connectivity index (χ4v) is 5.00. The number of piperazine rings is 1. The minimum atomic E-state index is -0.613. The van der Waals surface area contributed by atoms with Gasteiger partial charge >= 0.3 is 0 Å². The van der Waals surface area contributed by atoms with Crippen molar-refractivity contribution in [2.45, 2.75) is 6.10 Å². The number of thiazole rings is 1. The highest BCUT2D eigenvalue weighted by atomic mass is 32.1. The summed E-state index contributed by atoms with van der Waals surface area (Å²) in [4.78, 5) is 21.8. The predicted octanol–water partition coefficient (Wildman–Crippen LogP) is 2.80. The van der Waals surface area contributed by atoms with E-state index in [9.17, 15) is 4.79 Å². The van der Waals surface area contributed by atoms with Crippen LogP contribution in [0.3, 0.4) is 0 Å². The zero-order valence-corrected chi connectivity index (χ0v) is 18.2. The Kier molecular flexibility index (Phi) is 5.19. The molecule has 1 amide bonds. The van der Waals surface area contributed by atoms with Crippen LogP contribution in [0.4, 0.5) is 5.13 Å². The number of carbonyl (C=O) groups is 1. The largest absolute Gasteiger partial charge is 0.495 e. The van der Waals surface area contributed by atoms with Crippen LogP contribution in [0.5, 0.6) is 23.0 Å². The molecule has 9 heteroatoms. The van der Waals surface area contributed by atoms with Crippen molar-refractivity contribution in [2.24, 2.45) is 0 Å². The van der Waals surface area contributed by atoms with E-state index in [-0.39, 0.29) is 12.5 Å². The van der Waals surface area contributed by atoms with E-state index in [4.69, 9.17) is 23.9 Å². The highest BCUT2D eigenvalue weighted by Gasteiger charge is 2.33. The molecule has 0 spiro atoms. The van der Waals surface area contributed by atoms with Gasteiger partial charge in [-0.05, 0) is 24.3 Å². The molecule has 1 atom stereocenters. The molecule has 162 valence electrons. The van der Waals surface area contributed by atoms with Gasteiger partial charge < -0.3 is 28.7 Å². The maximum absolute atomic E-state index is 13.0. The topological polar surface area (TPSA) is 73.4 Å². The van der Waals surface area contributed by atoms with Gasteiger partial charge in [-0.25, -0.2) is 4.98 Å². The van der Waals surface area contributed by atoms with E-state index in [1.54, 1.807) is 25.6 Å². The number of ether oxygens (including phenoxy) is 4. The third-order valence-corrected chi connectivity index (χ3v) is 6.68. The normalized spacial score (nSPS) is 18.2. The molecule has 3 aromatic rings. The summed E-state index contributed by atoms with van der Waals surface area (Å²) in [6, 6.07) is 11.2. The first kappa shape index (κ1) is 19.7. The standard InChI is InChI=1S/C22H23N3O5S/c1-27-16-7-8-17(28-2)20-19(16)23-22(31-20)25-11-9-24(10-12-25)21(26)18-13-29-14-5-3-4-6-15(14)30-18/h3-8,18H,9-13H2,1-2H3/t18-/m1/s1. The van der Waals surface area contributed by atoms with Gasteiger partial charge in [-0.2, -0.15) is 0 Å². The fourth-order valence-electron chi connectivity index (χ4n) is 3.87. The van der Waals surface area contributed by atoms with Crippen molar-refractivity contribution in [1.29, 1.82) is 0 Å². The number of methoxy groups -OCH3 is 2. The number of amides is 1. The number of nitrogens with zero attached hydrogens (tertiary/aromatic N) is 3. The molecule has 0 N–H and O–H groups in total. The lowest BCUT2D eigenvalue weighted by atomic mass is 10.2. The van der Waals surface area contributed by atoms with Crippen LogP contribution in [0.25, 0.3) is 10.2 Å². The van der Waals surface area contributed by atoms with Crippen molar-refractivity contribution < 1.29 is 23.7 Å². The average Bonchev–Trinajstić information content (AvgIpc) is 3.28. The molecule has 1 saturated heterocycles. The molecule has 2 aliphatic heterocycles. The molecule has 0 aliphatic carbocycles. The van der Waals surface area contributed by atoms with E-state index in [2.05, 4.69) is 4.90 Å². The van der Waals surface area contributed by atoms with Crippen molar-refractivity contribution >= 4 is 32.6 Å². The highest BCUT2D eigenvalue weighted by Crippen LogP contribution is 2.40. The van der Waals surface area contributed by atoms with Crippen molar-refractivity contribution in [1.82, 2.24) is 9.88 Å². The van der Waals surface area contributed by atoms with Gasteiger partial charge in [-0.1, -0.05) is 23.5 Å². The van der Waals surface area contributed by atoms with Crippen molar-refractivity contribution in [2.75, 3.05) is 51.9 Å². The Balaban J connectivity index is 1.27. The monoisotopic (exact) mass is 441 g/mol. The molecule has 0 unspecified atom stereocenters. The van der Waals surface area contributed by atoms with Crippen LogP contribution < -0.4 is 23.8 Å². The summed E-state index contributed by atoms with van der Waals surface area (Å²) in [5.74, 6) is 2.76. The Morgan fingerprint density at radius 1 is 1.03 bits per heavy atom. The predicted molar refractivity (Wildman–Crippen MR) is 118 cm³/mol. The van der Waals surface area contributed by atoms with Crippen LogP contribution >= 0.6 is 11.3 Å². The summed E-state index contributed by atoms with van der Waals surface area (Å²) in [6.45, 7) is 2.82. The Labute approximate surface area is 183 Å². The highest BCUT2D eigenvalue weighted by molar-refractivity contribution is 7.22. The minimum absolute atomic E-state index is 0.0400. The minimum Gasteiger partial charge on any atom is -0.495 e. The van der Waals surface area contributed by atoms with Gasteiger partial charge in [0.15, 0.2) is 16.6 Å². The number of carbonyl (C=O) groups excluding carboxylic acids is 1. The molecule has 2 aliphatic rings. The first-order valence-corrected chi connectivity index (χ1v) is 10.9. The van der Waals surface area contributed by atoms with E-state index >= 15 is 0 Å². The number of rotatable bonds is 4. The molecule has 3 heterocycles. The second-order valence-corrected chi connectivity index (χ2v) is 8.30. The van der Waals surface area contributed by atoms with E-state index in [1.165, 1.54) is 0 Å². The molecule has 2 aromatic carbocycles. The Bertz CT molecular complexity index is 1070. The van der Waals surface area contributed by atoms with Gasteiger partial charge in [0.05, 0.1) is 14.2 Å². The quantitative estimate of drug-likeness (QED) is 0.616. The lowest BCUT2D eigenvalue weighted by molar-refractivity contribution is -0.141. The molecule has 31 heavy (non-hydrogen) atoms. The molecule has 0 saturated carbocycles. The van der Waals surface area contributed by atoms with Gasteiger partial charge in [0.25, 0.3) is 5.91 Å². The van der Waals surface area contributed by atoms with E-state index in [0.717, 1.165) is 26.8 Å². The number of fused-ring (bicyclic) bond motifs is 2. The number of benzene rings is 2. The van der Waals surface area contributed by atoms with Crippen molar-refractivity contribution in [3.05, 3.63) is 36.4 Å². The zero-order valence-electron chi connectivity index (χ0n) is 17.4. The third kappa shape index (κ3) is 3.59. The van der Waals surface area contributed by atoms with Crippen LogP contribution in [-0.4, -0.2) is 68.9 Å². The first-order valence-electron chi connectivity index (χ1n) is 10.1. The molecule has 8 nitrogen and oxygen atoms in total. The SMILES string of the molecule is COc1ccc(OC)c2sc(N3CCN(C(=O)[C@H]4COc5ccccc5O4)CC3)nc12. The maximum atomic E-state index is 13.0. The van der Waals surface area contributed by atoms with Crippen molar-refractivity contribution in [3.63, 3.8) is 0 Å². The van der Waals surface area contributed by atoms with Crippen LogP contribution in [0.2, 0.25) is 0 Å². The van der Waals surface area contributed by atoms with Gasteiger partial charge in [-0.3, -0.25) is 4.79 Å². The number of hydrogen-bond donors (Lipinski definition) is 0. The molecule has 0 radical (unpaired) electrons. The summed E-state index contributed by atoms with van der Waals surface area (Å²) in [6.07, 6.45) is -0.613. The van der Waals surface area contributed by atoms with Gasteiger partial charge in [0, 0.05) is 26.2 Å². The fraction of sp³-hybridized carbons (Fsp3) is 0.364. The first-order chi connectivity index (χ1) is 15.2. The molecule has 0 bridgehead atoms. The Morgan fingerprint density at radius 3 is 2.48 bits per heavy atom. The van der Waals surface area contributed by atoms with Crippen molar-refractivity contribution in [3.8, 4) is 23.0 Å².